The number of hydrogen-bond acceptors (Lipinski definition) is 2. The maximum atomic E-state index is 12.2. The Kier molecular flexibility index (Phi) is 3.95. The van der Waals surface area contributed by atoms with Gasteiger partial charge in [0.25, 0.3) is 0 Å². The fraction of sp³-hybridized carbons (Fsp3) is 0.562. The van der Waals surface area contributed by atoms with Crippen LogP contribution in [0.4, 0.5) is 0 Å². The van der Waals surface area contributed by atoms with Crippen molar-refractivity contribution in [2.24, 2.45) is 5.92 Å². The third-order valence-corrected chi connectivity index (χ3v) is 3.92. The summed E-state index contributed by atoms with van der Waals surface area (Å²) >= 11 is 0. The topological polar surface area (TPSA) is 32.3 Å². The quantitative estimate of drug-likeness (QED) is 0.906. The molecule has 1 aromatic carbocycles. The fourth-order valence-electron chi connectivity index (χ4n) is 2.56. The van der Waals surface area contributed by atoms with Crippen LogP contribution in [0.2, 0.25) is 0 Å². The second-order valence-corrected chi connectivity index (χ2v) is 6.06. The lowest BCUT2D eigenvalue weighted by Gasteiger charge is -2.20. The number of carbonyl (C=O) groups is 1. The van der Waals surface area contributed by atoms with E-state index in [0.717, 1.165) is 5.56 Å². The SMILES string of the molecule is CC(C)c1ccc(C2NC(C(C)C)C(=O)N2C)cc1. The molecule has 1 saturated heterocycles. The highest BCUT2D eigenvalue weighted by atomic mass is 16.2. The molecule has 3 heteroatoms. The van der Waals surface area contributed by atoms with E-state index in [-0.39, 0.29) is 18.1 Å². The smallest absolute Gasteiger partial charge is 0.241 e. The highest BCUT2D eigenvalue weighted by Gasteiger charge is 2.38. The molecule has 0 radical (unpaired) electrons. The second kappa shape index (κ2) is 5.33. The number of hydrogen-bond donors (Lipinski definition) is 1. The number of likely N-dealkylation sites (N-methyl/N-ethyl adjacent to an activating group) is 1. The Bertz CT molecular complexity index is 450. The monoisotopic (exact) mass is 260 g/mol. The number of rotatable bonds is 3. The Labute approximate surface area is 116 Å². The van der Waals surface area contributed by atoms with Crippen molar-refractivity contribution in [1.82, 2.24) is 10.2 Å². The Balaban J connectivity index is 2.20. The van der Waals surface area contributed by atoms with Crippen molar-refractivity contribution < 1.29 is 4.79 Å². The maximum Gasteiger partial charge on any atom is 0.241 e. The minimum Gasteiger partial charge on any atom is -0.325 e. The predicted octanol–water partition coefficient (Wildman–Crippen LogP) is 2.89. The third-order valence-electron chi connectivity index (χ3n) is 3.92. The average molecular weight is 260 g/mol. The molecule has 2 rings (SSSR count). The van der Waals surface area contributed by atoms with E-state index >= 15 is 0 Å². The molecule has 0 aromatic heterocycles. The zero-order valence-corrected chi connectivity index (χ0v) is 12.5. The molecule has 19 heavy (non-hydrogen) atoms. The summed E-state index contributed by atoms with van der Waals surface area (Å²) in [5.74, 6) is 1.04. The first-order chi connectivity index (χ1) is 8.91. The zero-order valence-electron chi connectivity index (χ0n) is 12.5. The molecule has 0 bridgehead atoms. The highest BCUT2D eigenvalue weighted by Crippen LogP contribution is 2.27. The summed E-state index contributed by atoms with van der Waals surface area (Å²) in [5.41, 5.74) is 2.49. The summed E-state index contributed by atoms with van der Waals surface area (Å²) in [7, 11) is 1.87. The van der Waals surface area contributed by atoms with Crippen LogP contribution in [0.5, 0.6) is 0 Å². The molecule has 1 aliphatic heterocycles. The molecule has 3 nitrogen and oxygen atoms in total. The van der Waals surface area contributed by atoms with Gasteiger partial charge in [-0.05, 0) is 23.0 Å². The number of carbonyl (C=O) groups excluding carboxylic acids is 1. The van der Waals surface area contributed by atoms with Crippen molar-refractivity contribution in [1.29, 1.82) is 0 Å². The van der Waals surface area contributed by atoms with Crippen LogP contribution in [-0.2, 0) is 4.79 Å². The third kappa shape index (κ3) is 2.66. The molecular weight excluding hydrogens is 236 g/mol. The van der Waals surface area contributed by atoms with Crippen LogP contribution >= 0.6 is 0 Å². The van der Waals surface area contributed by atoms with E-state index in [1.165, 1.54) is 5.56 Å². The van der Waals surface area contributed by atoms with Crippen molar-refractivity contribution in [3.63, 3.8) is 0 Å². The lowest BCUT2D eigenvalue weighted by atomic mass is 10.0. The summed E-state index contributed by atoms with van der Waals surface area (Å²) in [6, 6.07) is 8.49. The molecular formula is C16H24N2O. The van der Waals surface area contributed by atoms with Crippen molar-refractivity contribution in [2.75, 3.05) is 7.05 Å². The molecule has 2 atom stereocenters. The second-order valence-electron chi connectivity index (χ2n) is 6.06. The van der Waals surface area contributed by atoms with Gasteiger partial charge >= 0.3 is 0 Å². The number of nitrogens with zero attached hydrogens (tertiary/aromatic N) is 1. The minimum atomic E-state index is -0.0697. The normalized spacial score (nSPS) is 23.7. The molecule has 1 aliphatic rings. The van der Waals surface area contributed by atoms with Crippen molar-refractivity contribution >= 4 is 5.91 Å². The Morgan fingerprint density at radius 2 is 1.68 bits per heavy atom. The molecule has 2 unspecified atom stereocenters. The highest BCUT2D eigenvalue weighted by molar-refractivity contribution is 5.84. The van der Waals surface area contributed by atoms with Crippen molar-refractivity contribution in [3.05, 3.63) is 35.4 Å². The first kappa shape index (κ1) is 14.1. The first-order valence-corrected chi connectivity index (χ1v) is 7.04. The van der Waals surface area contributed by atoms with Crippen LogP contribution in [0, 0.1) is 5.92 Å². The van der Waals surface area contributed by atoms with E-state index in [2.05, 4.69) is 57.3 Å². The van der Waals surface area contributed by atoms with Crippen LogP contribution in [0.25, 0.3) is 0 Å². The molecule has 1 heterocycles. The van der Waals surface area contributed by atoms with Crippen molar-refractivity contribution in [2.45, 2.75) is 45.8 Å². The zero-order chi connectivity index (χ0) is 14.2. The molecule has 1 fully saturated rings. The van der Waals surface area contributed by atoms with Gasteiger partial charge in [0.15, 0.2) is 0 Å². The lowest BCUT2D eigenvalue weighted by molar-refractivity contribution is -0.129. The molecule has 0 saturated carbocycles. The van der Waals surface area contributed by atoms with Crippen molar-refractivity contribution in [3.8, 4) is 0 Å². The fourth-order valence-corrected chi connectivity index (χ4v) is 2.56. The Morgan fingerprint density at radius 3 is 2.11 bits per heavy atom. The summed E-state index contributed by atoms with van der Waals surface area (Å²) in [6.07, 6.45) is 0.00103. The first-order valence-electron chi connectivity index (χ1n) is 7.04. The molecule has 1 amide bonds. The van der Waals surface area contributed by atoms with E-state index in [4.69, 9.17) is 0 Å². The average Bonchev–Trinajstić information content (AvgIpc) is 2.67. The number of nitrogens with one attached hydrogen (secondary N) is 1. The predicted molar refractivity (Wildman–Crippen MR) is 77.8 cm³/mol. The van der Waals surface area contributed by atoms with Crippen LogP contribution in [0.1, 0.15) is 50.9 Å². The molecule has 0 spiro atoms. The Morgan fingerprint density at radius 1 is 1.11 bits per heavy atom. The van der Waals surface area contributed by atoms with Gasteiger partial charge in [0.05, 0.1) is 6.04 Å². The minimum absolute atomic E-state index is 0.00103. The van der Waals surface area contributed by atoms with Gasteiger partial charge in [-0.3, -0.25) is 10.1 Å². The van der Waals surface area contributed by atoms with Gasteiger partial charge in [0, 0.05) is 7.05 Å². The molecule has 0 aliphatic carbocycles. The van der Waals surface area contributed by atoms with Gasteiger partial charge in [0.2, 0.25) is 5.91 Å². The summed E-state index contributed by atoms with van der Waals surface area (Å²) in [5, 5.41) is 3.43. The van der Waals surface area contributed by atoms with Gasteiger partial charge in [-0.2, -0.15) is 0 Å². The van der Waals surface area contributed by atoms with E-state index < -0.39 is 0 Å². The van der Waals surface area contributed by atoms with E-state index in [1.807, 2.05) is 11.9 Å². The van der Waals surface area contributed by atoms with Crippen LogP contribution in [-0.4, -0.2) is 23.9 Å². The number of benzene rings is 1. The maximum absolute atomic E-state index is 12.2. The lowest BCUT2D eigenvalue weighted by Crippen LogP contribution is -2.33. The molecule has 104 valence electrons. The van der Waals surface area contributed by atoms with Gasteiger partial charge in [-0.1, -0.05) is 52.0 Å². The van der Waals surface area contributed by atoms with Gasteiger partial charge in [0.1, 0.15) is 6.17 Å². The van der Waals surface area contributed by atoms with E-state index in [1.54, 1.807) is 0 Å². The van der Waals surface area contributed by atoms with Gasteiger partial charge < -0.3 is 4.90 Å². The summed E-state index contributed by atoms with van der Waals surface area (Å²) in [6.45, 7) is 8.53. The van der Waals surface area contributed by atoms with Crippen LogP contribution in [0.15, 0.2) is 24.3 Å². The largest absolute Gasteiger partial charge is 0.325 e. The van der Waals surface area contributed by atoms with Gasteiger partial charge in [-0.25, -0.2) is 0 Å². The molecule has 1 aromatic rings. The standard InChI is InChI=1S/C16H24N2O/c1-10(2)12-6-8-13(9-7-12)15-17-14(11(3)4)16(19)18(15)5/h6-11,14-15,17H,1-5H3. The van der Waals surface area contributed by atoms with Crippen LogP contribution < -0.4 is 5.32 Å². The molecule has 1 N–H and O–H groups in total. The summed E-state index contributed by atoms with van der Waals surface area (Å²) in [4.78, 5) is 14.0. The van der Waals surface area contributed by atoms with E-state index in [9.17, 15) is 4.79 Å². The van der Waals surface area contributed by atoms with Crippen LogP contribution in [0.3, 0.4) is 0 Å². The number of amides is 1. The van der Waals surface area contributed by atoms with Gasteiger partial charge in [-0.15, -0.1) is 0 Å². The summed E-state index contributed by atoms with van der Waals surface area (Å²) < 4.78 is 0. The Hall–Kier alpha value is -1.35. The van der Waals surface area contributed by atoms with E-state index in [0.29, 0.717) is 11.8 Å².